The third kappa shape index (κ3) is 3.42. The van der Waals surface area contributed by atoms with Crippen LogP contribution in [0, 0.1) is 10.5 Å². The van der Waals surface area contributed by atoms with Crippen molar-refractivity contribution in [3.8, 4) is 0 Å². The molecule has 0 saturated heterocycles. The predicted octanol–water partition coefficient (Wildman–Crippen LogP) is 4.37. The summed E-state index contributed by atoms with van der Waals surface area (Å²) in [6.45, 7) is 2.83. The molecule has 0 aliphatic carbocycles. The van der Waals surface area contributed by atoms with E-state index in [4.69, 9.17) is 0 Å². The second-order valence-corrected chi connectivity index (χ2v) is 5.77. The van der Waals surface area contributed by atoms with Gasteiger partial charge in [0.15, 0.2) is 0 Å². The number of anilines is 1. The standard InChI is InChI=1S/C13H12BrIN2/c1-9-3-2-6-16-13(9)8-17-10-4-5-12(15)11(14)7-10/h2-7,17H,8H2,1H3. The van der Waals surface area contributed by atoms with Crippen molar-refractivity contribution >= 4 is 44.2 Å². The third-order valence-electron chi connectivity index (χ3n) is 2.50. The molecule has 0 saturated carbocycles. The first kappa shape index (κ1) is 12.8. The lowest BCUT2D eigenvalue weighted by atomic mass is 10.2. The first-order valence-corrected chi connectivity index (χ1v) is 7.13. The Morgan fingerprint density at radius 3 is 2.88 bits per heavy atom. The van der Waals surface area contributed by atoms with Crippen molar-refractivity contribution in [2.45, 2.75) is 13.5 Å². The van der Waals surface area contributed by atoms with Gasteiger partial charge in [-0.3, -0.25) is 4.98 Å². The van der Waals surface area contributed by atoms with E-state index in [1.54, 1.807) is 0 Å². The largest absolute Gasteiger partial charge is 0.379 e. The highest BCUT2D eigenvalue weighted by atomic mass is 127. The Hall–Kier alpha value is -0.620. The van der Waals surface area contributed by atoms with Gasteiger partial charge >= 0.3 is 0 Å². The van der Waals surface area contributed by atoms with E-state index >= 15 is 0 Å². The molecule has 0 fully saturated rings. The summed E-state index contributed by atoms with van der Waals surface area (Å²) in [4.78, 5) is 4.36. The Balaban J connectivity index is 2.08. The summed E-state index contributed by atoms with van der Waals surface area (Å²) in [5.41, 5.74) is 3.40. The molecule has 0 spiro atoms. The summed E-state index contributed by atoms with van der Waals surface area (Å²) in [6, 6.07) is 10.3. The highest BCUT2D eigenvalue weighted by molar-refractivity contribution is 14.1. The molecule has 0 amide bonds. The van der Waals surface area contributed by atoms with E-state index in [0.29, 0.717) is 0 Å². The molecule has 0 radical (unpaired) electrons. The van der Waals surface area contributed by atoms with Gasteiger partial charge in [-0.25, -0.2) is 0 Å². The number of nitrogens with zero attached hydrogens (tertiary/aromatic N) is 1. The van der Waals surface area contributed by atoms with Crippen molar-refractivity contribution in [1.29, 1.82) is 0 Å². The van der Waals surface area contributed by atoms with E-state index < -0.39 is 0 Å². The van der Waals surface area contributed by atoms with Crippen LogP contribution < -0.4 is 5.32 Å². The SMILES string of the molecule is Cc1cccnc1CNc1ccc(I)c(Br)c1. The summed E-state index contributed by atoms with van der Waals surface area (Å²) >= 11 is 5.82. The second kappa shape index (κ2) is 5.82. The van der Waals surface area contributed by atoms with Crippen LogP contribution in [0.2, 0.25) is 0 Å². The van der Waals surface area contributed by atoms with Crippen LogP contribution in [0.25, 0.3) is 0 Å². The number of nitrogens with one attached hydrogen (secondary N) is 1. The Morgan fingerprint density at radius 2 is 2.18 bits per heavy atom. The van der Waals surface area contributed by atoms with Gasteiger partial charge in [-0.05, 0) is 75.3 Å². The summed E-state index contributed by atoms with van der Waals surface area (Å²) in [5, 5.41) is 3.37. The van der Waals surface area contributed by atoms with Gasteiger partial charge in [0.05, 0.1) is 12.2 Å². The quantitative estimate of drug-likeness (QED) is 0.771. The van der Waals surface area contributed by atoms with Crippen molar-refractivity contribution < 1.29 is 0 Å². The molecule has 1 aromatic carbocycles. The molecule has 0 aliphatic rings. The maximum Gasteiger partial charge on any atom is 0.0623 e. The molecule has 4 heteroatoms. The molecule has 1 heterocycles. The number of hydrogen-bond donors (Lipinski definition) is 1. The third-order valence-corrected chi connectivity index (χ3v) is 4.84. The van der Waals surface area contributed by atoms with Crippen LogP contribution in [0.15, 0.2) is 41.0 Å². The van der Waals surface area contributed by atoms with E-state index in [1.165, 1.54) is 9.13 Å². The minimum absolute atomic E-state index is 0.750. The summed E-state index contributed by atoms with van der Waals surface area (Å²) in [7, 11) is 0. The number of rotatable bonds is 3. The van der Waals surface area contributed by atoms with Crippen molar-refractivity contribution in [3.05, 3.63) is 55.8 Å². The number of aryl methyl sites for hydroxylation is 1. The highest BCUT2D eigenvalue weighted by Crippen LogP contribution is 2.23. The van der Waals surface area contributed by atoms with Gasteiger partial charge in [0.25, 0.3) is 0 Å². The minimum atomic E-state index is 0.750. The predicted molar refractivity (Wildman–Crippen MR) is 83.2 cm³/mol. The summed E-state index contributed by atoms with van der Waals surface area (Å²) in [5.74, 6) is 0. The zero-order chi connectivity index (χ0) is 12.3. The van der Waals surface area contributed by atoms with Crippen LogP contribution >= 0.6 is 38.5 Å². The smallest absolute Gasteiger partial charge is 0.0623 e. The topological polar surface area (TPSA) is 24.9 Å². The first-order chi connectivity index (χ1) is 8.16. The fourth-order valence-corrected chi connectivity index (χ4v) is 2.21. The molecule has 0 atom stereocenters. The second-order valence-electron chi connectivity index (χ2n) is 3.75. The molecular weight excluding hydrogens is 391 g/mol. The normalized spacial score (nSPS) is 10.3. The molecule has 1 aromatic heterocycles. The molecule has 0 aliphatic heterocycles. The van der Waals surface area contributed by atoms with Crippen molar-refractivity contribution in [2.24, 2.45) is 0 Å². The molecule has 2 aromatic rings. The van der Waals surface area contributed by atoms with Gasteiger partial charge in [-0.1, -0.05) is 6.07 Å². The first-order valence-electron chi connectivity index (χ1n) is 5.26. The van der Waals surface area contributed by atoms with Crippen molar-refractivity contribution in [2.75, 3.05) is 5.32 Å². The molecule has 0 bridgehead atoms. The van der Waals surface area contributed by atoms with Crippen LogP contribution in [0.4, 0.5) is 5.69 Å². The number of benzene rings is 1. The summed E-state index contributed by atoms with van der Waals surface area (Å²) < 4.78 is 2.32. The lowest BCUT2D eigenvalue weighted by molar-refractivity contribution is 1.02. The van der Waals surface area contributed by atoms with Crippen LogP contribution in [-0.4, -0.2) is 4.98 Å². The Kier molecular flexibility index (Phi) is 4.39. The lowest BCUT2D eigenvalue weighted by Gasteiger charge is -2.08. The van der Waals surface area contributed by atoms with Crippen LogP contribution in [0.3, 0.4) is 0 Å². The van der Waals surface area contributed by atoms with Gasteiger partial charge in [0.2, 0.25) is 0 Å². The number of aromatic nitrogens is 1. The Labute approximate surface area is 123 Å². The average Bonchev–Trinajstić information content (AvgIpc) is 2.32. The fraction of sp³-hybridized carbons (Fsp3) is 0.154. The fourth-order valence-electron chi connectivity index (χ4n) is 1.50. The number of halogens is 2. The van der Waals surface area contributed by atoms with Crippen molar-refractivity contribution in [3.63, 3.8) is 0 Å². The zero-order valence-corrected chi connectivity index (χ0v) is 13.1. The maximum absolute atomic E-state index is 4.36. The minimum Gasteiger partial charge on any atom is -0.379 e. The van der Waals surface area contributed by atoms with Gasteiger partial charge in [-0.15, -0.1) is 0 Å². The Bertz CT molecular complexity index is 529. The van der Waals surface area contributed by atoms with E-state index in [9.17, 15) is 0 Å². The highest BCUT2D eigenvalue weighted by Gasteiger charge is 2.01. The molecule has 17 heavy (non-hydrogen) atoms. The number of pyridine rings is 1. The average molecular weight is 403 g/mol. The maximum atomic E-state index is 4.36. The number of hydrogen-bond acceptors (Lipinski definition) is 2. The van der Waals surface area contributed by atoms with Crippen LogP contribution in [0.5, 0.6) is 0 Å². The molecule has 88 valence electrons. The zero-order valence-electron chi connectivity index (χ0n) is 9.37. The van der Waals surface area contributed by atoms with E-state index in [1.807, 2.05) is 12.3 Å². The molecule has 2 rings (SSSR count). The Morgan fingerprint density at radius 1 is 1.35 bits per heavy atom. The summed E-state index contributed by atoms with van der Waals surface area (Å²) in [6.07, 6.45) is 1.83. The van der Waals surface area contributed by atoms with Gasteiger partial charge < -0.3 is 5.32 Å². The van der Waals surface area contributed by atoms with E-state index in [2.05, 4.69) is 80.0 Å². The van der Waals surface area contributed by atoms with Crippen LogP contribution in [0.1, 0.15) is 11.3 Å². The lowest BCUT2D eigenvalue weighted by Crippen LogP contribution is -2.03. The van der Waals surface area contributed by atoms with Gasteiger partial charge in [0.1, 0.15) is 0 Å². The monoisotopic (exact) mass is 402 g/mol. The molecule has 2 nitrogen and oxygen atoms in total. The van der Waals surface area contributed by atoms with Crippen molar-refractivity contribution in [1.82, 2.24) is 4.98 Å². The van der Waals surface area contributed by atoms with Gasteiger partial charge in [0, 0.05) is 19.9 Å². The molecule has 1 N–H and O–H groups in total. The van der Waals surface area contributed by atoms with Gasteiger partial charge in [-0.2, -0.15) is 0 Å². The van der Waals surface area contributed by atoms with Crippen LogP contribution in [-0.2, 0) is 6.54 Å². The van der Waals surface area contributed by atoms with E-state index in [0.717, 1.165) is 22.4 Å². The molecular formula is C13H12BrIN2. The molecule has 0 unspecified atom stereocenters. The van der Waals surface area contributed by atoms with E-state index in [-0.39, 0.29) is 0 Å².